The third-order valence-corrected chi connectivity index (χ3v) is 6.65. The Balaban J connectivity index is 1.59. The van der Waals surface area contributed by atoms with E-state index in [0.29, 0.717) is 52.3 Å². The van der Waals surface area contributed by atoms with Crippen LogP contribution in [0.1, 0.15) is 52.7 Å². The van der Waals surface area contributed by atoms with Crippen LogP contribution in [0.25, 0.3) is 0 Å². The summed E-state index contributed by atoms with van der Waals surface area (Å²) in [5.74, 6) is 0.0400. The average molecular weight is 551 g/mol. The van der Waals surface area contributed by atoms with Crippen molar-refractivity contribution < 1.29 is 22.7 Å². The predicted octanol–water partition coefficient (Wildman–Crippen LogP) is 8.09. The molecule has 0 saturated heterocycles. The third-order valence-electron chi connectivity index (χ3n) is 6.13. The van der Waals surface area contributed by atoms with Crippen molar-refractivity contribution in [3.05, 3.63) is 93.0 Å². The van der Waals surface area contributed by atoms with Crippen molar-refractivity contribution in [3.8, 4) is 5.75 Å². The number of nitrogens with zero attached hydrogens (tertiary/aromatic N) is 1. The van der Waals surface area contributed by atoms with Crippen LogP contribution in [0.3, 0.4) is 0 Å². The molecule has 0 aromatic heterocycles. The Hall–Kier alpha value is -2.90. The summed E-state index contributed by atoms with van der Waals surface area (Å²) >= 11 is 12.6. The second kappa shape index (κ2) is 11.7. The van der Waals surface area contributed by atoms with Crippen molar-refractivity contribution in [1.82, 2.24) is 4.90 Å². The van der Waals surface area contributed by atoms with Crippen LogP contribution in [0.15, 0.2) is 60.7 Å². The average Bonchev–Trinajstić information content (AvgIpc) is 3.68. The summed E-state index contributed by atoms with van der Waals surface area (Å²) in [6.07, 6.45) is -2.05. The molecule has 196 valence electrons. The smallest absolute Gasteiger partial charge is 0.406 e. The molecule has 0 bridgehead atoms. The van der Waals surface area contributed by atoms with Gasteiger partial charge in [0, 0.05) is 24.7 Å². The second-order valence-electron chi connectivity index (χ2n) is 9.03. The van der Waals surface area contributed by atoms with Gasteiger partial charge < -0.3 is 15.0 Å². The maximum absolute atomic E-state index is 13.8. The molecule has 37 heavy (non-hydrogen) atoms. The molecule has 0 atom stereocenters. The van der Waals surface area contributed by atoms with Gasteiger partial charge in [-0.15, -0.1) is 13.2 Å². The first-order valence-electron chi connectivity index (χ1n) is 12.1. The Labute approximate surface area is 224 Å². The normalized spacial score (nSPS) is 13.4. The summed E-state index contributed by atoms with van der Waals surface area (Å²) in [5.41, 5.74) is 3.68. The zero-order valence-electron chi connectivity index (χ0n) is 20.2. The molecular formula is C28H27Cl2F3N2O2. The van der Waals surface area contributed by atoms with Gasteiger partial charge in [-0.3, -0.25) is 4.79 Å². The highest BCUT2D eigenvalue weighted by Gasteiger charge is 2.31. The van der Waals surface area contributed by atoms with Crippen LogP contribution in [-0.4, -0.2) is 30.3 Å². The van der Waals surface area contributed by atoms with E-state index in [0.717, 1.165) is 5.56 Å². The van der Waals surface area contributed by atoms with Crippen LogP contribution in [0.2, 0.25) is 10.0 Å². The molecule has 0 unspecified atom stereocenters. The number of anilines is 1. The number of benzene rings is 3. The molecule has 4 rings (SSSR count). The largest absolute Gasteiger partial charge is 0.573 e. The number of nitrogens with one attached hydrogen (secondary N) is 1. The molecule has 1 amide bonds. The molecule has 0 spiro atoms. The minimum atomic E-state index is -4.78. The highest BCUT2D eigenvalue weighted by molar-refractivity contribution is 6.37. The minimum Gasteiger partial charge on any atom is -0.406 e. The Bertz CT molecular complexity index is 1250. The van der Waals surface area contributed by atoms with Gasteiger partial charge in [-0.1, -0.05) is 59.6 Å². The molecular weight excluding hydrogens is 524 g/mol. The van der Waals surface area contributed by atoms with Crippen LogP contribution >= 0.6 is 23.2 Å². The summed E-state index contributed by atoms with van der Waals surface area (Å²) in [5, 5.41) is 3.81. The lowest BCUT2D eigenvalue weighted by Crippen LogP contribution is -2.33. The van der Waals surface area contributed by atoms with E-state index < -0.39 is 6.36 Å². The first-order chi connectivity index (χ1) is 17.6. The van der Waals surface area contributed by atoms with E-state index in [9.17, 15) is 18.0 Å². The molecule has 4 nitrogen and oxygen atoms in total. The van der Waals surface area contributed by atoms with Crippen LogP contribution in [0.5, 0.6) is 5.75 Å². The van der Waals surface area contributed by atoms with Gasteiger partial charge in [0.1, 0.15) is 5.75 Å². The Morgan fingerprint density at radius 1 is 1.05 bits per heavy atom. The fourth-order valence-corrected chi connectivity index (χ4v) is 4.78. The van der Waals surface area contributed by atoms with Gasteiger partial charge in [0.2, 0.25) is 0 Å². The van der Waals surface area contributed by atoms with E-state index in [1.807, 2.05) is 19.1 Å². The number of rotatable bonds is 10. The van der Waals surface area contributed by atoms with Crippen molar-refractivity contribution in [2.24, 2.45) is 0 Å². The van der Waals surface area contributed by atoms with Crippen LogP contribution in [0.4, 0.5) is 18.9 Å². The van der Waals surface area contributed by atoms with Crippen molar-refractivity contribution in [2.45, 2.75) is 45.0 Å². The molecule has 0 aliphatic heterocycles. The maximum atomic E-state index is 13.8. The quantitative estimate of drug-likeness (QED) is 0.277. The maximum Gasteiger partial charge on any atom is 0.573 e. The van der Waals surface area contributed by atoms with Crippen LogP contribution in [-0.2, 0) is 13.0 Å². The number of carbonyl (C=O) groups is 1. The number of amides is 1. The first-order valence-corrected chi connectivity index (χ1v) is 12.8. The number of alkyl halides is 3. The summed E-state index contributed by atoms with van der Waals surface area (Å²) in [6.45, 7) is 3.03. The number of hydrogen-bond acceptors (Lipinski definition) is 3. The Kier molecular flexibility index (Phi) is 8.55. The van der Waals surface area contributed by atoms with Crippen molar-refractivity contribution in [1.29, 1.82) is 0 Å². The van der Waals surface area contributed by atoms with Gasteiger partial charge in [-0.2, -0.15) is 0 Å². The van der Waals surface area contributed by atoms with Gasteiger partial charge in [-0.05, 0) is 73.1 Å². The zero-order valence-corrected chi connectivity index (χ0v) is 21.8. The summed E-state index contributed by atoms with van der Waals surface area (Å²) < 4.78 is 42.1. The van der Waals surface area contributed by atoms with E-state index in [1.165, 1.54) is 36.6 Å². The number of hydrogen-bond donors (Lipinski definition) is 1. The number of halogens is 5. The molecule has 1 N–H and O–H groups in total. The number of carbonyl (C=O) groups excluding carboxylic acids is 1. The van der Waals surface area contributed by atoms with Crippen molar-refractivity contribution in [3.63, 3.8) is 0 Å². The number of ether oxygens (including phenoxy) is 1. The molecule has 9 heteroatoms. The molecule has 1 aliphatic rings. The summed E-state index contributed by atoms with van der Waals surface area (Å²) in [6, 6.07) is 17.2. The minimum absolute atomic E-state index is 0.258. The molecule has 3 aromatic carbocycles. The van der Waals surface area contributed by atoms with Crippen LogP contribution < -0.4 is 10.1 Å². The monoisotopic (exact) mass is 550 g/mol. The Morgan fingerprint density at radius 2 is 1.78 bits per heavy atom. The highest BCUT2D eigenvalue weighted by atomic mass is 35.5. The topological polar surface area (TPSA) is 41.6 Å². The first kappa shape index (κ1) is 27.1. The lowest BCUT2D eigenvalue weighted by molar-refractivity contribution is -0.274. The summed E-state index contributed by atoms with van der Waals surface area (Å²) in [4.78, 5) is 15.5. The van der Waals surface area contributed by atoms with Crippen molar-refractivity contribution in [2.75, 3.05) is 18.4 Å². The van der Waals surface area contributed by atoms with Gasteiger partial charge in [0.25, 0.3) is 5.91 Å². The third kappa shape index (κ3) is 7.55. The van der Waals surface area contributed by atoms with E-state index in [2.05, 4.69) is 22.2 Å². The lowest BCUT2D eigenvalue weighted by Gasteiger charge is -2.25. The van der Waals surface area contributed by atoms with Crippen molar-refractivity contribution >= 4 is 34.8 Å². The standard InChI is InChI=1S/C28H27Cl2F3N2O2/c1-2-34-26-24(15-22(29)16-25(26)30)27(36)35(17-19-6-8-20(9-7-19)21-10-11-21)13-12-18-4-3-5-23(14-18)37-28(31,32)33/h3-9,14-16,21,34H,2,10-13,17H2,1H3. The van der Waals surface area contributed by atoms with E-state index in [1.54, 1.807) is 23.1 Å². The van der Waals surface area contributed by atoms with E-state index in [4.69, 9.17) is 23.2 Å². The van der Waals surface area contributed by atoms with Gasteiger partial charge >= 0.3 is 6.36 Å². The van der Waals surface area contributed by atoms with Gasteiger partial charge in [0.15, 0.2) is 0 Å². The molecule has 1 aliphatic carbocycles. The van der Waals surface area contributed by atoms with E-state index in [-0.39, 0.29) is 18.2 Å². The van der Waals surface area contributed by atoms with E-state index >= 15 is 0 Å². The molecule has 0 radical (unpaired) electrons. The highest BCUT2D eigenvalue weighted by Crippen LogP contribution is 2.40. The zero-order chi connectivity index (χ0) is 26.6. The van der Waals surface area contributed by atoms with Gasteiger partial charge in [0.05, 0.1) is 16.3 Å². The molecule has 1 saturated carbocycles. The van der Waals surface area contributed by atoms with Gasteiger partial charge in [-0.25, -0.2) is 0 Å². The molecule has 1 fully saturated rings. The fourth-order valence-electron chi connectivity index (χ4n) is 4.22. The fraction of sp³-hybridized carbons (Fsp3) is 0.321. The second-order valence-corrected chi connectivity index (χ2v) is 9.87. The predicted molar refractivity (Wildman–Crippen MR) is 141 cm³/mol. The molecule has 0 heterocycles. The Morgan fingerprint density at radius 3 is 2.43 bits per heavy atom. The van der Waals surface area contributed by atoms with Crippen LogP contribution in [0, 0.1) is 0 Å². The lowest BCUT2D eigenvalue weighted by atomic mass is 10.1. The summed E-state index contributed by atoms with van der Waals surface area (Å²) in [7, 11) is 0. The SMILES string of the molecule is CCNc1c(Cl)cc(Cl)cc1C(=O)N(CCc1cccc(OC(F)(F)F)c1)Cc1ccc(C2CC2)cc1. The molecule has 3 aromatic rings.